The molecule has 2 aliphatic heterocycles. The number of fused-ring (bicyclic) bond motifs is 2. The molecule has 0 aliphatic carbocycles. The molecule has 0 bridgehead atoms. The van der Waals surface area contributed by atoms with E-state index in [1.165, 1.54) is 23.0 Å². The molecule has 1 saturated heterocycles. The number of ether oxygens (including phenoxy) is 1. The van der Waals surface area contributed by atoms with Gasteiger partial charge in [-0.15, -0.1) is 10.2 Å². The van der Waals surface area contributed by atoms with Crippen molar-refractivity contribution in [1.82, 2.24) is 19.9 Å². The molecule has 6 rings (SSSR count). The van der Waals surface area contributed by atoms with Crippen molar-refractivity contribution < 1.29 is 18.3 Å². The smallest absolute Gasteiger partial charge is 0.250 e. The number of nitrogens with one attached hydrogen (secondary N) is 1. The number of carbonyl (C=O) groups is 1. The van der Waals surface area contributed by atoms with Gasteiger partial charge in [0, 0.05) is 35.4 Å². The van der Waals surface area contributed by atoms with Gasteiger partial charge in [0.15, 0.2) is 17.1 Å². The molecule has 1 amide bonds. The van der Waals surface area contributed by atoms with Gasteiger partial charge in [-0.3, -0.25) is 9.20 Å². The molecule has 0 spiro atoms. The highest BCUT2D eigenvalue weighted by molar-refractivity contribution is 6.34. The van der Waals surface area contributed by atoms with Crippen molar-refractivity contribution in [3.63, 3.8) is 0 Å². The van der Waals surface area contributed by atoms with E-state index in [1.54, 1.807) is 0 Å². The first-order valence-corrected chi connectivity index (χ1v) is 11.6. The van der Waals surface area contributed by atoms with Gasteiger partial charge in [-0.25, -0.2) is 8.78 Å². The third kappa shape index (κ3) is 3.22. The molecular weight excluding hydrogens is 476 g/mol. The van der Waals surface area contributed by atoms with Crippen LogP contribution in [0.4, 0.5) is 8.78 Å². The summed E-state index contributed by atoms with van der Waals surface area (Å²) in [5.41, 5.74) is 5.68. The molecule has 178 valence electrons. The van der Waals surface area contributed by atoms with Crippen molar-refractivity contribution in [2.24, 2.45) is 5.73 Å². The maximum atomic E-state index is 15.8. The number of aromatic nitrogens is 3. The number of carbonyl (C=O) groups excluding carboxylic acids is 1. The first-order chi connectivity index (χ1) is 16.9. The Labute approximate surface area is 203 Å². The number of hydrogen-bond donors (Lipinski definition) is 2. The molecule has 0 radical (unpaired) electrons. The zero-order chi connectivity index (χ0) is 24.3. The normalized spacial score (nSPS) is 21.3. The Morgan fingerprint density at radius 2 is 2.06 bits per heavy atom. The summed E-state index contributed by atoms with van der Waals surface area (Å²) in [5.74, 6) is -2.31. The molecule has 1 fully saturated rings. The van der Waals surface area contributed by atoms with E-state index >= 15 is 8.78 Å². The Kier molecular flexibility index (Phi) is 5.01. The molecule has 7 nitrogen and oxygen atoms in total. The number of amides is 1. The number of hydrogen-bond acceptors (Lipinski definition) is 5. The third-order valence-corrected chi connectivity index (χ3v) is 7.31. The van der Waals surface area contributed by atoms with Crippen LogP contribution in [0.1, 0.15) is 34.3 Å². The molecule has 4 heterocycles. The summed E-state index contributed by atoms with van der Waals surface area (Å²) < 4.78 is 38.8. The number of rotatable bonds is 4. The van der Waals surface area contributed by atoms with E-state index in [0.717, 1.165) is 24.9 Å². The molecule has 2 aromatic heterocycles. The zero-order valence-electron chi connectivity index (χ0n) is 18.4. The number of nitrogens with zero attached hydrogens (tertiary/aromatic N) is 3. The molecule has 35 heavy (non-hydrogen) atoms. The Bertz CT molecular complexity index is 1490. The SMILES string of the molecule is NC(=O)c1cn2cnnc2c(F)c1-c1c(Cl)c(F)cc2c1C[C@](c1ccccc1)([C@@H]1CCCN1)O2. The van der Waals surface area contributed by atoms with Gasteiger partial charge in [-0.1, -0.05) is 41.9 Å². The summed E-state index contributed by atoms with van der Waals surface area (Å²) in [4.78, 5) is 12.4. The molecule has 4 aromatic rings. The lowest BCUT2D eigenvalue weighted by Gasteiger charge is -2.35. The van der Waals surface area contributed by atoms with Crippen molar-refractivity contribution in [1.29, 1.82) is 0 Å². The molecular formula is C25H20ClF2N5O2. The van der Waals surface area contributed by atoms with E-state index in [0.29, 0.717) is 5.56 Å². The topological polar surface area (TPSA) is 94.5 Å². The fourth-order valence-electron chi connectivity index (χ4n) is 5.38. The highest BCUT2D eigenvalue weighted by atomic mass is 35.5. The first kappa shape index (κ1) is 21.9. The fourth-order valence-corrected chi connectivity index (χ4v) is 5.64. The second kappa shape index (κ2) is 8.00. The van der Waals surface area contributed by atoms with Gasteiger partial charge in [-0.05, 0) is 24.9 Å². The third-order valence-electron chi connectivity index (χ3n) is 6.95. The minimum atomic E-state index is -0.894. The lowest BCUT2D eigenvalue weighted by Crippen LogP contribution is -2.48. The van der Waals surface area contributed by atoms with Crippen LogP contribution in [0, 0.1) is 11.6 Å². The van der Waals surface area contributed by atoms with Crippen molar-refractivity contribution >= 4 is 23.2 Å². The van der Waals surface area contributed by atoms with Crippen LogP contribution in [0.5, 0.6) is 5.75 Å². The Hall–Kier alpha value is -3.56. The fraction of sp³-hybridized carbons (Fsp3) is 0.240. The number of primary amides is 1. The van der Waals surface area contributed by atoms with Crippen LogP contribution >= 0.6 is 11.6 Å². The molecule has 10 heteroatoms. The quantitative estimate of drug-likeness (QED) is 0.446. The number of benzene rings is 2. The first-order valence-electron chi connectivity index (χ1n) is 11.2. The van der Waals surface area contributed by atoms with Gasteiger partial charge >= 0.3 is 0 Å². The highest BCUT2D eigenvalue weighted by Gasteiger charge is 2.50. The van der Waals surface area contributed by atoms with Gasteiger partial charge in [0.2, 0.25) is 0 Å². The van der Waals surface area contributed by atoms with E-state index in [4.69, 9.17) is 22.1 Å². The second-order valence-corrected chi connectivity index (χ2v) is 9.24. The van der Waals surface area contributed by atoms with E-state index in [1.807, 2.05) is 30.3 Å². The van der Waals surface area contributed by atoms with Crippen molar-refractivity contribution in [2.45, 2.75) is 30.9 Å². The summed E-state index contributed by atoms with van der Waals surface area (Å²) >= 11 is 6.48. The maximum absolute atomic E-state index is 15.8. The minimum Gasteiger partial charge on any atom is -0.480 e. The molecule has 0 unspecified atom stereocenters. The lowest BCUT2D eigenvalue weighted by molar-refractivity contribution is 0.0539. The number of pyridine rings is 1. The maximum Gasteiger partial charge on any atom is 0.250 e. The van der Waals surface area contributed by atoms with Crippen LogP contribution in [-0.2, 0) is 12.0 Å². The average Bonchev–Trinajstić information content (AvgIpc) is 3.61. The Balaban J connectivity index is 1.63. The van der Waals surface area contributed by atoms with E-state index < -0.39 is 23.1 Å². The largest absolute Gasteiger partial charge is 0.480 e. The minimum absolute atomic E-state index is 0.0364. The molecule has 3 N–H and O–H groups in total. The number of halogens is 3. The zero-order valence-corrected chi connectivity index (χ0v) is 19.1. The van der Waals surface area contributed by atoms with Gasteiger partial charge < -0.3 is 15.8 Å². The summed E-state index contributed by atoms with van der Waals surface area (Å²) in [7, 11) is 0. The van der Waals surface area contributed by atoms with Gasteiger partial charge in [0.05, 0.1) is 16.6 Å². The van der Waals surface area contributed by atoms with Crippen LogP contribution in [0.3, 0.4) is 0 Å². The summed E-state index contributed by atoms with van der Waals surface area (Å²) in [6.07, 6.45) is 4.67. The number of nitrogens with two attached hydrogens (primary N) is 1. The van der Waals surface area contributed by atoms with E-state index in [9.17, 15) is 4.79 Å². The van der Waals surface area contributed by atoms with Gasteiger partial charge in [0.25, 0.3) is 5.91 Å². The monoisotopic (exact) mass is 495 g/mol. The molecule has 2 aliphatic rings. The predicted octanol–water partition coefficient (Wildman–Crippen LogP) is 4.01. The van der Waals surface area contributed by atoms with Crippen LogP contribution in [0.2, 0.25) is 5.02 Å². The standard InChI is InChI=1S/C25H20ClF2N5O2/c26-21-16(27)9-17-14(10-25(35-17,18-7-4-8-30-18)13-5-2-1-3-6-13)19(21)20-15(23(29)34)11-33-12-31-32-24(33)22(20)28/h1-3,5-6,9,11-12,18,30H,4,7-8,10H2,(H2,29,34)/t18-,25-/m0/s1. The van der Waals surface area contributed by atoms with Crippen LogP contribution < -0.4 is 15.8 Å². The van der Waals surface area contributed by atoms with Crippen LogP contribution in [-0.4, -0.2) is 33.1 Å². The van der Waals surface area contributed by atoms with Crippen molar-refractivity contribution in [3.05, 3.63) is 82.3 Å². The molecule has 2 aromatic carbocycles. The summed E-state index contributed by atoms with van der Waals surface area (Å²) in [6, 6.07) is 10.8. The van der Waals surface area contributed by atoms with Crippen LogP contribution in [0.25, 0.3) is 16.8 Å². The highest BCUT2D eigenvalue weighted by Crippen LogP contribution is 2.52. The van der Waals surface area contributed by atoms with Crippen LogP contribution in [0.15, 0.2) is 48.9 Å². The molecule has 2 atom stereocenters. The predicted molar refractivity (Wildman–Crippen MR) is 125 cm³/mol. The Morgan fingerprint density at radius 3 is 2.77 bits per heavy atom. The average molecular weight is 496 g/mol. The van der Waals surface area contributed by atoms with Gasteiger partial charge in [0.1, 0.15) is 17.9 Å². The van der Waals surface area contributed by atoms with Crippen molar-refractivity contribution in [2.75, 3.05) is 6.54 Å². The summed E-state index contributed by atoms with van der Waals surface area (Å²) in [5, 5.41) is 10.7. The lowest BCUT2D eigenvalue weighted by atomic mass is 9.80. The molecule has 0 saturated carbocycles. The van der Waals surface area contributed by atoms with Crippen molar-refractivity contribution in [3.8, 4) is 16.9 Å². The van der Waals surface area contributed by atoms with E-state index in [2.05, 4.69) is 15.5 Å². The van der Waals surface area contributed by atoms with Gasteiger partial charge in [-0.2, -0.15) is 0 Å². The summed E-state index contributed by atoms with van der Waals surface area (Å²) in [6.45, 7) is 0.824. The second-order valence-electron chi connectivity index (χ2n) is 8.87. The van der Waals surface area contributed by atoms with E-state index in [-0.39, 0.29) is 45.6 Å². The Morgan fingerprint density at radius 1 is 1.26 bits per heavy atom.